The molecule has 0 aromatic carbocycles. The van der Waals surface area contributed by atoms with Crippen LogP contribution in [-0.2, 0) is 9.63 Å². The number of hydrogen-bond donors (Lipinski definition) is 1. The number of hydrogen-bond acceptors (Lipinski definition) is 3. The molecular formula is C9H13NO3. The van der Waals surface area contributed by atoms with Gasteiger partial charge in [0.25, 0.3) is 0 Å². The minimum absolute atomic E-state index is 0.141. The van der Waals surface area contributed by atoms with Crippen LogP contribution in [0.1, 0.15) is 19.3 Å². The topological polar surface area (TPSA) is 58.9 Å². The highest BCUT2D eigenvalue weighted by Gasteiger charge is 2.50. The quantitative estimate of drug-likeness (QED) is 0.652. The number of oxime groups is 1. The molecule has 4 nitrogen and oxygen atoms in total. The summed E-state index contributed by atoms with van der Waals surface area (Å²) in [5.41, 5.74) is 0.950. The first-order chi connectivity index (χ1) is 6.24. The number of carbonyl (C=O) groups is 1. The maximum atomic E-state index is 10.9. The number of carboxylic acids is 1. The number of carboxylic acid groups (broad SMARTS) is 1. The van der Waals surface area contributed by atoms with E-state index in [2.05, 4.69) is 5.16 Å². The Morgan fingerprint density at radius 2 is 2.38 bits per heavy atom. The normalized spacial score (nSPS) is 39.8. The van der Waals surface area contributed by atoms with Crippen LogP contribution in [0.4, 0.5) is 0 Å². The van der Waals surface area contributed by atoms with E-state index in [4.69, 9.17) is 9.94 Å². The van der Waals surface area contributed by atoms with Crippen molar-refractivity contribution in [2.45, 2.75) is 19.3 Å². The summed E-state index contributed by atoms with van der Waals surface area (Å²) in [6.07, 6.45) is 2.81. The Morgan fingerprint density at radius 1 is 1.62 bits per heavy atom. The first-order valence-electron chi connectivity index (χ1n) is 4.56. The van der Waals surface area contributed by atoms with E-state index in [0.29, 0.717) is 5.92 Å². The molecular weight excluding hydrogens is 170 g/mol. The Labute approximate surface area is 76.6 Å². The van der Waals surface area contributed by atoms with Crippen LogP contribution in [0, 0.1) is 17.8 Å². The Morgan fingerprint density at radius 3 is 2.92 bits per heavy atom. The monoisotopic (exact) mass is 183 g/mol. The second kappa shape index (κ2) is 3.01. The third-order valence-corrected chi connectivity index (χ3v) is 3.18. The molecule has 0 aromatic rings. The molecule has 2 fully saturated rings. The van der Waals surface area contributed by atoms with E-state index in [1.165, 1.54) is 7.11 Å². The summed E-state index contributed by atoms with van der Waals surface area (Å²) in [7, 11) is 1.51. The van der Waals surface area contributed by atoms with Crippen molar-refractivity contribution < 1.29 is 14.7 Å². The number of fused-ring (bicyclic) bond motifs is 2. The Balaban J connectivity index is 2.19. The van der Waals surface area contributed by atoms with E-state index in [0.717, 1.165) is 25.0 Å². The van der Waals surface area contributed by atoms with E-state index in [-0.39, 0.29) is 11.8 Å². The van der Waals surface area contributed by atoms with Gasteiger partial charge in [-0.2, -0.15) is 0 Å². The average Bonchev–Trinajstić information content (AvgIpc) is 2.60. The second-order valence-electron chi connectivity index (χ2n) is 3.78. The van der Waals surface area contributed by atoms with Gasteiger partial charge in [0.2, 0.25) is 0 Å². The molecule has 0 saturated heterocycles. The van der Waals surface area contributed by atoms with Gasteiger partial charge in [-0.3, -0.25) is 4.79 Å². The van der Waals surface area contributed by atoms with Gasteiger partial charge in [-0.1, -0.05) is 5.16 Å². The molecule has 0 amide bonds. The zero-order chi connectivity index (χ0) is 9.42. The lowest BCUT2D eigenvalue weighted by molar-refractivity contribution is -0.143. The lowest BCUT2D eigenvalue weighted by Crippen LogP contribution is -2.20. The number of aliphatic carboxylic acids is 1. The van der Waals surface area contributed by atoms with Gasteiger partial charge in [0.05, 0.1) is 11.6 Å². The van der Waals surface area contributed by atoms with Crippen LogP contribution in [-0.4, -0.2) is 23.9 Å². The maximum absolute atomic E-state index is 10.9. The summed E-state index contributed by atoms with van der Waals surface area (Å²) in [4.78, 5) is 15.6. The van der Waals surface area contributed by atoms with Gasteiger partial charge in [-0.05, 0) is 25.2 Å². The van der Waals surface area contributed by atoms with Gasteiger partial charge in [-0.25, -0.2) is 0 Å². The van der Waals surface area contributed by atoms with E-state index >= 15 is 0 Å². The zero-order valence-electron chi connectivity index (χ0n) is 7.56. The maximum Gasteiger partial charge on any atom is 0.307 e. The fraction of sp³-hybridized carbons (Fsp3) is 0.778. The van der Waals surface area contributed by atoms with E-state index < -0.39 is 5.97 Å². The smallest absolute Gasteiger partial charge is 0.307 e. The number of nitrogens with zero attached hydrogens (tertiary/aromatic N) is 1. The van der Waals surface area contributed by atoms with Gasteiger partial charge in [0, 0.05) is 5.92 Å². The van der Waals surface area contributed by atoms with Crippen molar-refractivity contribution in [2.24, 2.45) is 22.9 Å². The van der Waals surface area contributed by atoms with Crippen LogP contribution in [0.15, 0.2) is 5.16 Å². The summed E-state index contributed by atoms with van der Waals surface area (Å²) < 4.78 is 0. The molecule has 13 heavy (non-hydrogen) atoms. The highest BCUT2D eigenvalue weighted by Crippen LogP contribution is 2.47. The Hall–Kier alpha value is -1.06. The fourth-order valence-corrected chi connectivity index (χ4v) is 2.70. The first-order valence-corrected chi connectivity index (χ1v) is 4.56. The summed E-state index contributed by atoms with van der Waals surface area (Å²) >= 11 is 0. The van der Waals surface area contributed by atoms with Crippen molar-refractivity contribution in [3.8, 4) is 0 Å². The van der Waals surface area contributed by atoms with Gasteiger partial charge in [0.15, 0.2) is 0 Å². The summed E-state index contributed by atoms with van der Waals surface area (Å²) in [5.74, 6) is -0.429. The summed E-state index contributed by atoms with van der Waals surface area (Å²) in [6.45, 7) is 0. The lowest BCUT2D eigenvalue weighted by atomic mass is 9.98. The van der Waals surface area contributed by atoms with Crippen molar-refractivity contribution in [3.05, 3.63) is 0 Å². The van der Waals surface area contributed by atoms with E-state index in [1.54, 1.807) is 0 Å². The van der Waals surface area contributed by atoms with E-state index in [9.17, 15) is 4.79 Å². The highest BCUT2D eigenvalue weighted by molar-refractivity contribution is 5.94. The van der Waals surface area contributed by atoms with Crippen molar-refractivity contribution in [3.63, 3.8) is 0 Å². The zero-order valence-corrected chi connectivity index (χ0v) is 7.56. The second-order valence-corrected chi connectivity index (χ2v) is 3.78. The van der Waals surface area contributed by atoms with Crippen LogP contribution in [0.3, 0.4) is 0 Å². The van der Waals surface area contributed by atoms with Gasteiger partial charge in [0.1, 0.15) is 7.11 Å². The summed E-state index contributed by atoms with van der Waals surface area (Å²) in [5, 5.41) is 12.9. The fourth-order valence-electron chi connectivity index (χ4n) is 2.70. The van der Waals surface area contributed by atoms with Crippen LogP contribution in [0.25, 0.3) is 0 Å². The van der Waals surface area contributed by atoms with Crippen LogP contribution in [0.5, 0.6) is 0 Å². The van der Waals surface area contributed by atoms with Crippen LogP contribution >= 0.6 is 0 Å². The van der Waals surface area contributed by atoms with Crippen molar-refractivity contribution in [1.82, 2.24) is 0 Å². The molecule has 0 aliphatic heterocycles. The van der Waals surface area contributed by atoms with Crippen molar-refractivity contribution in [1.29, 1.82) is 0 Å². The molecule has 2 aliphatic carbocycles. The lowest BCUT2D eigenvalue weighted by Gasteiger charge is -2.09. The minimum Gasteiger partial charge on any atom is -0.481 e. The molecule has 0 unspecified atom stereocenters. The van der Waals surface area contributed by atoms with Gasteiger partial charge in [-0.15, -0.1) is 0 Å². The molecule has 72 valence electrons. The SMILES string of the molecule is CO/N=C1/C[C@H]2CC[C@H]1[C@@H]2C(=O)O. The summed E-state index contributed by atoms with van der Waals surface area (Å²) in [6, 6.07) is 0. The first kappa shape index (κ1) is 8.53. The highest BCUT2D eigenvalue weighted by atomic mass is 16.6. The molecule has 2 rings (SSSR count). The van der Waals surface area contributed by atoms with Crippen LogP contribution < -0.4 is 0 Å². The molecule has 2 aliphatic rings. The molecule has 2 bridgehead atoms. The van der Waals surface area contributed by atoms with Gasteiger partial charge < -0.3 is 9.94 Å². The molecule has 0 spiro atoms. The molecule has 0 aromatic heterocycles. The Kier molecular flexibility index (Phi) is 1.98. The molecule has 0 heterocycles. The minimum atomic E-state index is -0.672. The average molecular weight is 183 g/mol. The molecule has 3 atom stereocenters. The standard InChI is InChI=1S/C9H13NO3/c1-13-10-7-4-5-2-3-6(7)8(5)9(11)12/h5-6,8H,2-4H2,1H3,(H,11,12)/b10-7-/t5-,6-,8-/m1/s1. The number of rotatable bonds is 2. The van der Waals surface area contributed by atoms with Crippen molar-refractivity contribution >= 4 is 11.7 Å². The Bertz CT molecular complexity index is 262. The van der Waals surface area contributed by atoms with Crippen LogP contribution in [0.2, 0.25) is 0 Å². The third-order valence-electron chi connectivity index (χ3n) is 3.18. The van der Waals surface area contributed by atoms with Crippen molar-refractivity contribution in [2.75, 3.05) is 7.11 Å². The molecule has 4 heteroatoms. The predicted octanol–water partition coefficient (Wildman–Crippen LogP) is 1.12. The molecule has 1 N–H and O–H groups in total. The third kappa shape index (κ3) is 1.20. The largest absolute Gasteiger partial charge is 0.481 e. The molecule has 0 radical (unpaired) electrons. The molecule has 2 saturated carbocycles. The van der Waals surface area contributed by atoms with Gasteiger partial charge >= 0.3 is 5.97 Å². The van der Waals surface area contributed by atoms with E-state index in [1.807, 2.05) is 0 Å². The predicted molar refractivity (Wildman–Crippen MR) is 46.4 cm³/mol.